The van der Waals surface area contributed by atoms with Gasteiger partial charge in [-0.25, -0.2) is 0 Å². The second-order valence-corrected chi connectivity index (χ2v) is 8.09. The Kier molecular flexibility index (Phi) is 4.47. The average Bonchev–Trinajstić information content (AvgIpc) is 2.39. The summed E-state index contributed by atoms with van der Waals surface area (Å²) >= 11 is 0. The van der Waals surface area contributed by atoms with Gasteiger partial charge in [0.15, 0.2) is 0 Å². The molecule has 0 radical (unpaired) electrons. The monoisotopic (exact) mass is 305 g/mol. The first-order valence-corrected chi connectivity index (χ1v) is 8.42. The molecule has 0 aromatic rings. The molecule has 0 aromatic carbocycles. The van der Waals surface area contributed by atoms with Gasteiger partial charge in [0, 0.05) is 22.6 Å². The Labute approximate surface area is 135 Å². The van der Waals surface area contributed by atoms with E-state index in [1.165, 1.54) is 6.42 Å². The third-order valence-electron chi connectivity index (χ3n) is 5.59. The van der Waals surface area contributed by atoms with Gasteiger partial charge >= 0.3 is 0 Å². The van der Waals surface area contributed by atoms with Crippen molar-refractivity contribution in [2.75, 3.05) is 7.11 Å². The van der Waals surface area contributed by atoms with Gasteiger partial charge in [-0.15, -0.1) is 0 Å². The highest BCUT2D eigenvalue weighted by atomic mass is 16.5. The fraction of sp³-hybridized carbons (Fsp3) is 0.737. The van der Waals surface area contributed by atoms with E-state index in [0.717, 1.165) is 24.2 Å². The Morgan fingerprint density at radius 2 is 1.64 bits per heavy atom. The van der Waals surface area contributed by atoms with Crippen molar-refractivity contribution in [3.8, 4) is 0 Å². The van der Waals surface area contributed by atoms with Crippen LogP contribution in [0.15, 0.2) is 23.5 Å². The van der Waals surface area contributed by atoms with Gasteiger partial charge in [-0.3, -0.25) is 4.79 Å². The fourth-order valence-electron chi connectivity index (χ4n) is 4.19. The SMILES string of the molecule is COC1=CC=C(C(=O)N2C(C)(C)CCCC2(C)C)[C@@H](C)[C@H]1C. The fourth-order valence-corrected chi connectivity index (χ4v) is 4.19. The van der Waals surface area contributed by atoms with Crippen LogP contribution in [0.1, 0.15) is 60.8 Å². The molecule has 1 heterocycles. The molecular formula is C19H31NO2. The molecule has 0 N–H and O–H groups in total. The van der Waals surface area contributed by atoms with Crippen molar-refractivity contribution in [3.63, 3.8) is 0 Å². The molecule has 0 bridgehead atoms. The van der Waals surface area contributed by atoms with E-state index in [1.807, 2.05) is 12.2 Å². The van der Waals surface area contributed by atoms with E-state index in [4.69, 9.17) is 4.74 Å². The zero-order valence-corrected chi connectivity index (χ0v) is 15.2. The van der Waals surface area contributed by atoms with Crippen LogP contribution in [-0.4, -0.2) is 29.0 Å². The van der Waals surface area contributed by atoms with E-state index >= 15 is 0 Å². The van der Waals surface area contributed by atoms with Gasteiger partial charge in [-0.05, 0) is 65.0 Å². The number of hydrogen-bond acceptors (Lipinski definition) is 2. The molecule has 1 fully saturated rings. The molecule has 0 saturated carbocycles. The number of nitrogens with zero attached hydrogens (tertiary/aromatic N) is 1. The van der Waals surface area contributed by atoms with Crippen molar-refractivity contribution in [1.82, 2.24) is 4.90 Å². The zero-order valence-electron chi connectivity index (χ0n) is 15.2. The first-order chi connectivity index (χ1) is 10.1. The third-order valence-corrected chi connectivity index (χ3v) is 5.59. The van der Waals surface area contributed by atoms with E-state index in [2.05, 4.69) is 46.4 Å². The van der Waals surface area contributed by atoms with Gasteiger partial charge in [0.05, 0.1) is 12.9 Å². The molecule has 1 saturated heterocycles. The number of ether oxygens (including phenoxy) is 1. The second-order valence-electron chi connectivity index (χ2n) is 8.09. The minimum Gasteiger partial charge on any atom is -0.501 e. The highest BCUT2D eigenvalue weighted by molar-refractivity contribution is 5.95. The molecular weight excluding hydrogens is 274 g/mol. The molecule has 2 aliphatic rings. The molecule has 2 rings (SSSR count). The van der Waals surface area contributed by atoms with E-state index in [9.17, 15) is 4.79 Å². The largest absolute Gasteiger partial charge is 0.501 e. The zero-order chi connectivity index (χ0) is 16.7. The summed E-state index contributed by atoms with van der Waals surface area (Å²) < 4.78 is 5.42. The molecule has 0 aromatic heterocycles. The molecule has 1 aliphatic carbocycles. The number of piperidine rings is 1. The van der Waals surface area contributed by atoms with Crippen LogP contribution in [-0.2, 0) is 9.53 Å². The summed E-state index contributed by atoms with van der Waals surface area (Å²) in [6.45, 7) is 13.0. The molecule has 3 nitrogen and oxygen atoms in total. The number of allylic oxidation sites excluding steroid dienone is 3. The summed E-state index contributed by atoms with van der Waals surface area (Å²) in [5, 5.41) is 0. The third kappa shape index (κ3) is 2.82. The molecule has 1 aliphatic heterocycles. The number of hydrogen-bond donors (Lipinski definition) is 0. The van der Waals surface area contributed by atoms with E-state index in [1.54, 1.807) is 7.11 Å². The van der Waals surface area contributed by atoms with E-state index in [0.29, 0.717) is 0 Å². The predicted molar refractivity (Wildman–Crippen MR) is 90.4 cm³/mol. The normalized spacial score (nSPS) is 30.4. The first-order valence-electron chi connectivity index (χ1n) is 8.42. The number of carbonyl (C=O) groups is 1. The maximum Gasteiger partial charge on any atom is 0.250 e. The van der Waals surface area contributed by atoms with Crippen molar-refractivity contribution in [3.05, 3.63) is 23.5 Å². The van der Waals surface area contributed by atoms with Gasteiger partial charge in [-0.2, -0.15) is 0 Å². The van der Waals surface area contributed by atoms with Crippen LogP contribution >= 0.6 is 0 Å². The Bertz CT molecular complexity index is 498. The maximum atomic E-state index is 13.3. The lowest BCUT2D eigenvalue weighted by Crippen LogP contribution is -2.61. The highest BCUT2D eigenvalue weighted by Gasteiger charge is 2.46. The summed E-state index contributed by atoms with van der Waals surface area (Å²) in [5.41, 5.74) is 0.734. The second kappa shape index (κ2) is 5.75. The number of likely N-dealkylation sites (tertiary alicyclic amines) is 1. The maximum absolute atomic E-state index is 13.3. The smallest absolute Gasteiger partial charge is 0.250 e. The predicted octanol–water partition coefficient (Wildman–Crippen LogP) is 4.30. The summed E-state index contributed by atoms with van der Waals surface area (Å²) in [6.07, 6.45) is 7.24. The van der Waals surface area contributed by atoms with Crippen LogP contribution in [0.3, 0.4) is 0 Å². The Balaban J connectivity index is 2.38. The van der Waals surface area contributed by atoms with Crippen molar-refractivity contribution < 1.29 is 9.53 Å². The number of methoxy groups -OCH3 is 1. The van der Waals surface area contributed by atoms with Gasteiger partial charge in [0.1, 0.15) is 0 Å². The molecule has 3 heteroatoms. The van der Waals surface area contributed by atoms with Crippen molar-refractivity contribution >= 4 is 5.91 Å². The quantitative estimate of drug-likeness (QED) is 0.761. The van der Waals surface area contributed by atoms with Crippen LogP contribution in [0, 0.1) is 11.8 Å². The molecule has 124 valence electrons. The molecule has 0 unspecified atom stereocenters. The Morgan fingerprint density at radius 3 is 2.14 bits per heavy atom. The standard InChI is InChI=1S/C19H31NO2/c1-13-14(2)16(22-7)10-9-15(13)17(21)20-18(3,4)11-8-12-19(20,5)6/h9-10,13-14H,8,11-12H2,1-7H3/t13-,14+/m0/s1. The molecule has 2 atom stereocenters. The molecule has 1 amide bonds. The summed E-state index contributed by atoms with van der Waals surface area (Å²) in [5.74, 6) is 1.58. The first kappa shape index (κ1) is 17.1. The van der Waals surface area contributed by atoms with Crippen molar-refractivity contribution in [1.29, 1.82) is 0 Å². The minimum atomic E-state index is -0.0894. The Hall–Kier alpha value is -1.25. The van der Waals surface area contributed by atoms with Crippen molar-refractivity contribution in [2.45, 2.75) is 71.9 Å². The average molecular weight is 305 g/mol. The van der Waals surface area contributed by atoms with Crippen LogP contribution in [0.2, 0.25) is 0 Å². The summed E-state index contributed by atoms with van der Waals surface area (Å²) in [6, 6.07) is 0. The van der Waals surface area contributed by atoms with Crippen LogP contribution in [0.25, 0.3) is 0 Å². The number of amides is 1. The summed E-state index contributed by atoms with van der Waals surface area (Å²) in [4.78, 5) is 15.5. The lowest BCUT2D eigenvalue weighted by atomic mass is 9.77. The van der Waals surface area contributed by atoms with E-state index < -0.39 is 0 Å². The Morgan fingerprint density at radius 1 is 1.09 bits per heavy atom. The lowest BCUT2D eigenvalue weighted by Gasteiger charge is -2.53. The van der Waals surface area contributed by atoms with Gasteiger partial charge < -0.3 is 9.64 Å². The minimum absolute atomic E-state index is 0.0894. The van der Waals surface area contributed by atoms with Crippen molar-refractivity contribution in [2.24, 2.45) is 11.8 Å². The van der Waals surface area contributed by atoms with Gasteiger partial charge in [0.25, 0.3) is 5.91 Å². The van der Waals surface area contributed by atoms with Gasteiger partial charge in [0.2, 0.25) is 0 Å². The van der Waals surface area contributed by atoms with Crippen LogP contribution < -0.4 is 0 Å². The summed E-state index contributed by atoms with van der Waals surface area (Å²) in [7, 11) is 1.70. The van der Waals surface area contributed by atoms with Crippen LogP contribution in [0.5, 0.6) is 0 Å². The molecule has 22 heavy (non-hydrogen) atoms. The molecule has 0 spiro atoms. The van der Waals surface area contributed by atoms with E-state index in [-0.39, 0.29) is 28.8 Å². The topological polar surface area (TPSA) is 29.5 Å². The van der Waals surface area contributed by atoms with Crippen LogP contribution in [0.4, 0.5) is 0 Å². The number of carbonyl (C=O) groups excluding carboxylic acids is 1. The van der Waals surface area contributed by atoms with Gasteiger partial charge in [-0.1, -0.05) is 13.8 Å². The number of rotatable bonds is 2. The highest BCUT2D eigenvalue weighted by Crippen LogP contribution is 2.41. The lowest BCUT2D eigenvalue weighted by molar-refractivity contribution is -0.145.